The van der Waals surface area contributed by atoms with Crippen LogP contribution in [-0.2, 0) is 22.6 Å². The van der Waals surface area contributed by atoms with Crippen molar-refractivity contribution in [2.75, 3.05) is 25.7 Å². The third kappa shape index (κ3) is 3.81. The van der Waals surface area contributed by atoms with E-state index in [1.54, 1.807) is 20.3 Å². The summed E-state index contributed by atoms with van der Waals surface area (Å²) in [5, 5.41) is 0. The molecule has 2 N–H and O–H groups in total. The van der Waals surface area contributed by atoms with Crippen LogP contribution in [0.2, 0.25) is 0 Å². The molecule has 0 atom stereocenters. The van der Waals surface area contributed by atoms with Crippen molar-refractivity contribution >= 4 is 17.7 Å². The Kier molecular flexibility index (Phi) is 5.43. The van der Waals surface area contributed by atoms with Gasteiger partial charge in [0.2, 0.25) is 0 Å². The number of carbonyl (C=O) groups is 1. The van der Waals surface area contributed by atoms with Crippen LogP contribution < -0.4 is 20.3 Å². The summed E-state index contributed by atoms with van der Waals surface area (Å²) in [6.45, 7) is 1.74. The van der Waals surface area contributed by atoms with Gasteiger partial charge in [0.15, 0.2) is 11.5 Å². The van der Waals surface area contributed by atoms with Crippen molar-refractivity contribution in [3.8, 4) is 11.5 Å². The van der Waals surface area contributed by atoms with Crippen molar-refractivity contribution in [2.24, 2.45) is 5.90 Å². The zero-order chi connectivity index (χ0) is 18.5. The Labute approximate surface area is 152 Å². The van der Waals surface area contributed by atoms with Gasteiger partial charge in [0.25, 0.3) is 0 Å². The molecule has 0 radical (unpaired) electrons. The summed E-state index contributed by atoms with van der Waals surface area (Å²) < 4.78 is 10.7. The lowest BCUT2D eigenvalue weighted by atomic mass is 10.1. The minimum atomic E-state index is -0.569. The highest BCUT2D eigenvalue weighted by molar-refractivity contribution is 5.87. The number of rotatable bonds is 6. The van der Waals surface area contributed by atoms with E-state index in [0.29, 0.717) is 0 Å². The average Bonchev–Trinajstić information content (AvgIpc) is 3.07. The smallest absolute Gasteiger partial charge is 0.349 e. The third-order valence-corrected chi connectivity index (χ3v) is 4.44. The number of anilines is 1. The predicted molar refractivity (Wildman–Crippen MR) is 100 cm³/mol. The number of methoxy groups -OCH3 is 2. The molecule has 0 aromatic heterocycles. The standard InChI is InChI=1S/C20H22N2O4/c1-24-18-7-4-15(12-19(18)25-2)13-22-10-9-16-11-14(3-6-17(16)22)5-8-20(23)26-21/h3-8,11-12H,9-10,13,21H2,1-2H3/b8-5+. The number of fused-ring (bicyclic) bond motifs is 1. The van der Waals surface area contributed by atoms with Gasteiger partial charge < -0.3 is 19.2 Å². The fraction of sp³-hybridized carbons (Fsp3) is 0.250. The second-order valence-corrected chi connectivity index (χ2v) is 6.02. The van der Waals surface area contributed by atoms with Crippen molar-refractivity contribution in [2.45, 2.75) is 13.0 Å². The van der Waals surface area contributed by atoms with Gasteiger partial charge in [0.05, 0.1) is 14.2 Å². The summed E-state index contributed by atoms with van der Waals surface area (Å²) in [4.78, 5) is 17.6. The number of carbonyl (C=O) groups excluding carboxylic acids is 1. The van der Waals surface area contributed by atoms with Crippen LogP contribution in [0, 0.1) is 0 Å². The van der Waals surface area contributed by atoms with Crippen LogP contribution in [0.25, 0.3) is 6.08 Å². The molecule has 0 aliphatic carbocycles. The molecule has 0 bridgehead atoms. The van der Waals surface area contributed by atoms with Gasteiger partial charge in [-0.2, -0.15) is 5.90 Å². The van der Waals surface area contributed by atoms with E-state index in [1.807, 2.05) is 18.2 Å². The zero-order valence-corrected chi connectivity index (χ0v) is 14.9. The maximum Gasteiger partial charge on any atom is 0.349 e. The minimum absolute atomic E-state index is 0.569. The van der Waals surface area contributed by atoms with Crippen LogP contribution in [-0.4, -0.2) is 26.7 Å². The predicted octanol–water partition coefficient (Wildman–Crippen LogP) is 2.70. The normalized spacial score (nSPS) is 13.0. The highest BCUT2D eigenvalue weighted by Gasteiger charge is 2.19. The number of nitrogens with two attached hydrogens (primary N) is 1. The molecular formula is C20H22N2O4. The maximum atomic E-state index is 11.1. The first-order valence-electron chi connectivity index (χ1n) is 8.32. The maximum absolute atomic E-state index is 11.1. The average molecular weight is 354 g/mol. The fourth-order valence-corrected chi connectivity index (χ4v) is 3.16. The second kappa shape index (κ2) is 7.93. The molecule has 26 heavy (non-hydrogen) atoms. The Morgan fingerprint density at radius 1 is 1.15 bits per heavy atom. The minimum Gasteiger partial charge on any atom is -0.493 e. The van der Waals surface area contributed by atoms with E-state index in [-0.39, 0.29) is 0 Å². The Bertz CT molecular complexity index is 833. The van der Waals surface area contributed by atoms with Gasteiger partial charge in [-0.05, 0) is 53.5 Å². The van der Waals surface area contributed by atoms with E-state index in [0.717, 1.165) is 42.1 Å². The Morgan fingerprint density at radius 2 is 1.96 bits per heavy atom. The number of ether oxygens (including phenoxy) is 2. The van der Waals surface area contributed by atoms with Crippen LogP contribution >= 0.6 is 0 Å². The highest BCUT2D eigenvalue weighted by Crippen LogP contribution is 2.33. The summed E-state index contributed by atoms with van der Waals surface area (Å²) in [5.74, 6) is 5.72. The Balaban J connectivity index is 1.76. The Morgan fingerprint density at radius 3 is 2.69 bits per heavy atom. The lowest BCUT2D eigenvalue weighted by Gasteiger charge is -2.20. The van der Waals surface area contributed by atoms with Crippen molar-refractivity contribution in [3.63, 3.8) is 0 Å². The second-order valence-electron chi connectivity index (χ2n) is 6.02. The molecule has 1 heterocycles. The first-order chi connectivity index (χ1) is 12.6. The van der Waals surface area contributed by atoms with E-state index in [1.165, 1.54) is 17.3 Å². The molecule has 2 aromatic carbocycles. The van der Waals surface area contributed by atoms with Gasteiger partial charge in [-0.1, -0.05) is 12.1 Å². The lowest BCUT2D eigenvalue weighted by Crippen LogP contribution is -2.19. The summed E-state index contributed by atoms with van der Waals surface area (Å²) in [5.41, 5.74) is 4.57. The van der Waals surface area contributed by atoms with Crippen molar-refractivity contribution in [3.05, 3.63) is 59.2 Å². The van der Waals surface area contributed by atoms with Gasteiger partial charge in [-0.25, -0.2) is 4.79 Å². The molecule has 2 aromatic rings. The lowest BCUT2D eigenvalue weighted by molar-refractivity contribution is -0.138. The monoisotopic (exact) mass is 354 g/mol. The molecule has 3 rings (SSSR count). The van der Waals surface area contributed by atoms with Gasteiger partial charge in [0.1, 0.15) is 0 Å². The van der Waals surface area contributed by atoms with E-state index in [4.69, 9.17) is 15.4 Å². The van der Waals surface area contributed by atoms with Crippen molar-refractivity contribution in [1.82, 2.24) is 0 Å². The first-order valence-corrected chi connectivity index (χ1v) is 8.32. The molecule has 0 saturated heterocycles. The van der Waals surface area contributed by atoms with Crippen LogP contribution in [0.15, 0.2) is 42.5 Å². The quantitative estimate of drug-likeness (QED) is 0.635. The SMILES string of the molecule is COc1ccc(CN2CCc3cc(/C=C/C(=O)ON)ccc32)cc1OC. The molecule has 0 fully saturated rings. The van der Waals surface area contributed by atoms with Crippen LogP contribution in [0.5, 0.6) is 11.5 Å². The summed E-state index contributed by atoms with van der Waals surface area (Å²) >= 11 is 0. The highest BCUT2D eigenvalue weighted by atomic mass is 16.7. The van der Waals surface area contributed by atoms with E-state index < -0.39 is 5.97 Å². The summed E-state index contributed by atoms with van der Waals surface area (Å²) in [6.07, 6.45) is 3.98. The van der Waals surface area contributed by atoms with Crippen molar-refractivity contribution in [1.29, 1.82) is 0 Å². The van der Waals surface area contributed by atoms with Gasteiger partial charge >= 0.3 is 5.97 Å². The first kappa shape index (κ1) is 17.8. The molecule has 6 heteroatoms. The topological polar surface area (TPSA) is 74.0 Å². The van der Waals surface area contributed by atoms with Crippen LogP contribution in [0.3, 0.4) is 0 Å². The third-order valence-electron chi connectivity index (χ3n) is 4.44. The molecule has 0 unspecified atom stereocenters. The molecular weight excluding hydrogens is 332 g/mol. The number of nitrogens with zero attached hydrogens (tertiary/aromatic N) is 1. The van der Waals surface area contributed by atoms with Gasteiger partial charge in [-0.15, -0.1) is 0 Å². The van der Waals surface area contributed by atoms with Crippen molar-refractivity contribution < 1.29 is 19.1 Å². The Hall–Kier alpha value is -2.99. The van der Waals surface area contributed by atoms with Gasteiger partial charge in [0, 0.05) is 24.9 Å². The molecule has 6 nitrogen and oxygen atoms in total. The zero-order valence-electron chi connectivity index (χ0n) is 14.9. The number of benzene rings is 2. The number of hydrogen-bond donors (Lipinski definition) is 1. The molecule has 1 aliphatic rings. The van der Waals surface area contributed by atoms with Crippen LogP contribution in [0.1, 0.15) is 16.7 Å². The molecule has 0 spiro atoms. The fourth-order valence-electron chi connectivity index (χ4n) is 3.16. The number of hydrogen-bond acceptors (Lipinski definition) is 6. The van der Waals surface area contributed by atoms with Gasteiger partial charge in [-0.3, -0.25) is 0 Å². The molecule has 136 valence electrons. The largest absolute Gasteiger partial charge is 0.493 e. The molecule has 1 aliphatic heterocycles. The van der Waals surface area contributed by atoms with E-state index in [2.05, 4.69) is 27.9 Å². The summed E-state index contributed by atoms with van der Waals surface area (Å²) in [6, 6.07) is 12.1. The van der Waals surface area contributed by atoms with Crippen LogP contribution in [0.4, 0.5) is 5.69 Å². The van der Waals surface area contributed by atoms with E-state index in [9.17, 15) is 4.79 Å². The van der Waals surface area contributed by atoms with E-state index >= 15 is 0 Å². The molecule has 0 amide bonds. The summed E-state index contributed by atoms with van der Waals surface area (Å²) in [7, 11) is 3.27. The molecule has 0 saturated carbocycles.